The zero-order valence-corrected chi connectivity index (χ0v) is 17.6. The van der Waals surface area contributed by atoms with Gasteiger partial charge < -0.3 is 16.0 Å². The number of aryl methyl sites for hydroxylation is 1. The van der Waals surface area contributed by atoms with E-state index in [2.05, 4.69) is 16.0 Å². The van der Waals surface area contributed by atoms with Crippen molar-refractivity contribution in [2.24, 2.45) is 0 Å². The van der Waals surface area contributed by atoms with Crippen LogP contribution in [0.4, 0.5) is 25.8 Å². The fourth-order valence-corrected chi connectivity index (χ4v) is 3.17. The third-order valence-electron chi connectivity index (χ3n) is 4.57. The van der Waals surface area contributed by atoms with Gasteiger partial charge in [0.25, 0.3) is 11.6 Å². The second-order valence-corrected chi connectivity index (χ2v) is 7.19. The van der Waals surface area contributed by atoms with Crippen LogP contribution >= 0.6 is 12.2 Å². The van der Waals surface area contributed by atoms with Crippen molar-refractivity contribution in [3.05, 3.63) is 99.6 Å². The Hall–Kier alpha value is -3.92. The second-order valence-electron chi connectivity index (χ2n) is 6.78. The Labute approximate surface area is 187 Å². The Morgan fingerprint density at radius 2 is 1.62 bits per heavy atom. The first-order valence-corrected chi connectivity index (χ1v) is 9.79. The highest BCUT2D eigenvalue weighted by molar-refractivity contribution is 7.80. The number of benzene rings is 3. The highest BCUT2D eigenvalue weighted by atomic mass is 32.1. The van der Waals surface area contributed by atoms with Crippen molar-refractivity contribution in [3.63, 3.8) is 0 Å². The van der Waals surface area contributed by atoms with Gasteiger partial charge in [-0.25, -0.2) is 8.78 Å². The van der Waals surface area contributed by atoms with E-state index in [0.29, 0.717) is 5.69 Å². The summed E-state index contributed by atoms with van der Waals surface area (Å²) in [7, 11) is 0. The number of nitrogens with one attached hydrogen (secondary N) is 3. The van der Waals surface area contributed by atoms with Gasteiger partial charge in [-0.05, 0) is 54.5 Å². The fraction of sp³-hybridized carbons (Fsp3) is 0.0909. The Morgan fingerprint density at radius 1 is 0.969 bits per heavy atom. The van der Waals surface area contributed by atoms with Crippen molar-refractivity contribution < 1.29 is 18.5 Å². The predicted octanol–water partition coefficient (Wildman–Crippen LogP) is 4.85. The molecular formula is C22H18F2N4O3S. The van der Waals surface area contributed by atoms with Gasteiger partial charge in [0.2, 0.25) is 0 Å². The van der Waals surface area contributed by atoms with Crippen molar-refractivity contribution in [2.75, 3.05) is 10.6 Å². The summed E-state index contributed by atoms with van der Waals surface area (Å²) in [4.78, 5) is 23.7. The first-order chi connectivity index (χ1) is 15.3. The minimum atomic E-state index is -1.22. The van der Waals surface area contributed by atoms with Gasteiger partial charge in [-0.15, -0.1) is 0 Å². The molecular weight excluding hydrogens is 438 g/mol. The molecule has 3 aromatic carbocycles. The summed E-state index contributed by atoms with van der Waals surface area (Å²) in [5, 5.41) is 19.2. The van der Waals surface area contributed by atoms with E-state index in [1.54, 1.807) is 31.2 Å². The number of nitro benzene ring substituents is 1. The maximum atomic E-state index is 13.9. The third kappa shape index (κ3) is 5.41. The lowest BCUT2D eigenvalue weighted by Gasteiger charge is -2.21. The van der Waals surface area contributed by atoms with E-state index >= 15 is 0 Å². The summed E-state index contributed by atoms with van der Waals surface area (Å²) in [5.41, 5.74) is 1.33. The summed E-state index contributed by atoms with van der Waals surface area (Å²) in [6.07, 6.45) is 0. The molecule has 1 atom stereocenters. The van der Waals surface area contributed by atoms with E-state index in [1.165, 1.54) is 24.3 Å². The number of thiocarbonyl (C=S) groups is 1. The van der Waals surface area contributed by atoms with Crippen LogP contribution in [0.3, 0.4) is 0 Å². The number of carbonyl (C=O) groups excluding carboxylic acids is 1. The number of amides is 1. The molecule has 0 spiro atoms. The lowest BCUT2D eigenvalue weighted by atomic mass is 10.1. The molecule has 0 saturated heterocycles. The van der Waals surface area contributed by atoms with Crippen LogP contribution in [0, 0.1) is 28.7 Å². The monoisotopic (exact) mass is 456 g/mol. The van der Waals surface area contributed by atoms with Gasteiger partial charge in [-0.1, -0.05) is 36.4 Å². The van der Waals surface area contributed by atoms with Gasteiger partial charge in [0.15, 0.2) is 16.7 Å². The average molecular weight is 456 g/mol. The van der Waals surface area contributed by atoms with Crippen LogP contribution in [-0.4, -0.2) is 15.9 Å². The lowest BCUT2D eigenvalue weighted by Crippen LogP contribution is -2.39. The van der Waals surface area contributed by atoms with Crippen LogP contribution in [0.5, 0.6) is 0 Å². The van der Waals surface area contributed by atoms with E-state index in [-0.39, 0.29) is 22.1 Å². The number of nitro groups is 1. The van der Waals surface area contributed by atoms with Gasteiger partial charge in [0.1, 0.15) is 11.7 Å². The topological polar surface area (TPSA) is 96.3 Å². The minimum absolute atomic E-state index is 0.110. The van der Waals surface area contributed by atoms with Gasteiger partial charge in [0, 0.05) is 11.8 Å². The number of rotatable bonds is 6. The zero-order valence-electron chi connectivity index (χ0n) is 16.8. The first-order valence-electron chi connectivity index (χ1n) is 9.38. The summed E-state index contributed by atoms with van der Waals surface area (Å²) >= 11 is 5.23. The third-order valence-corrected chi connectivity index (χ3v) is 4.79. The zero-order chi connectivity index (χ0) is 23.3. The van der Waals surface area contributed by atoms with Crippen LogP contribution in [0.25, 0.3) is 0 Å². The van der Waals surface area contributed by atoms with Gasteiger partial charge >= 0.3 is 0 Å². The maximum Gasteiger partial charge on any atom is 0.292 e. The van der Waals surface area contributed by atoms with Gasteiger partial charge in [-0.3, -0.25) is 14.9 Å². The molecule has 0 aromatic heterocycles. The largest absolute Gasteiger partial charge is 0.347 e. The van der Waals surface area contributed by atoms with Crippen LogP contribution < -0.4 is 16.0 Å². The molecule has 7 nitrogen and oxygen atoms in total. The number of carbonyl (C=O) groups is 1. The summed E-state index contributed by atoms with van der Waals surface area (Å²) in [5.74, 6) is -2.78. The minimum Gasteiger partial charge on any atom is -0.347 e. The number of halogens is 2. The molecule has 0 radical (unpaired) electrons. The van der Waals surface area contributed by atoms with Crippen LogP contribution in [0.1, 0.15) is 17.2 Å². The van der Waals surface area contributed by atoms with Crippen LogP contribution in [0.15, 0.2) is 66.7 Å². The predicted molar refractivity (Wildman–Crippen MR) is 121 cm³/mol. The normalized spacial score (nSPS) is 11.3. The number of para-hydroxylation sites is 3. The SMILES string of the molecule is Cc1ccccc1NC(=O)C(NC(=S)Nc1ccccc1[N+](=O)[O-])c1ccc(F)c(F)c1. The molecule has 1 amide bonds. The molecule has 1 unspecified atom stereocenters. The number of anilines is 2. The second kappa shape index (κ2) is 9.92. The van der Waals surface area contributed by atoms with Crippen molar-refractivity contribution >= 4 is 40.3 Å². The van der Waals surface area contributed by atoms with Gasteiger partial charge in [0.05, 0.1) is 4.92 Å². The summed E-state index contributed by atoms with van der Waals surface area (Å²) in [6.45, 7) is 1.80. The smallest absolute Gasteiger partial charge is 0.292 e. The molecule has 0 saturated carbocycles. The Balaban J connectivity index is 1.88. The lowest BCUT2D eigenvalue weighted by molar-refractivity contribution is -0.383. The van der Waals surface area contributed by atoms with Crippen molar-refractivity contribution in [3.8, 4) is 0 Å². The van der Waals surface area contributed by atoms with Crippen LogP contribution in [-0.2, 0) is 4.79 Å². The van der Waals surface area contributed by atoms with Gasteiger partial charge in [-0.2, -0.15) is 0 Å². The molecule has 0 bridgehead atoms. The molecule has 0 heterocycles. The summed E-state index contributed by atoms with van der Waals surface area (Å²) < 4.78 is 27.3. The fourth-order valence-electron chi connectivity index (χ4n) is 2.94. The van der Waals surface area contributed by atoms with E-state index < -0.39 is 28.5 Å². The Bertz CT molecular complexity index is 1190. The number of hydrogen-bond donors (Lipinski definition) is 3. The molecule has 0 aliphatic heterocycles. The van der Waals surface area contributed by atoms with E-state index in [4.69, 9.17) is 12.2 Å². The van der Waals surface area contributed by atoms with Crippen molar-refractivity contribution in [2.45, 2.75) is 13.0 Å². The molecule has 0 aliphatic rings. The molecule has 3 rings (SSSR count). The van der Waals surface area contributed by atoms with Crippen molar-refractivity contribution in [1.29, 1.82) is 0 Å². The molecule has 0 fully saturated rings. The highest BCUT2D eigenvalue weighted by Crippen LogP contribution is 2.24. The first kappa shape index (κ1) is 22.8. The van der Waals surface area contributed by atoms with E-state index in [0.717, 1.165) is 17.7 Å². The van der Waals surface area contributed by atoms with E-state index in [9.17, 15) is 23.7 Å². The molecule has 32 heavy (non-hydrogen) atoms. The molecule has 3 N–H and O–H groups in total. The molecule has 3 aromatic rings. The van der Waals surface area contributed by atoms with Crippen LogP contribution in [0.2, 0.25) is 0 Å². The maximum absolute atomic E-state index is 13.9. The highest BCUT2D eigenvalue weighted by Gasteiger charge is 2.24. The molecule has 0 aliphatic carbocycles. The number of hydrogen-bond acceptors (Lipinski definition) is 4. The average Bonchev–Trinajstić information content (AvgIpc) is 2.76. The molecule has 164 valence electrons. The summed E-state index contributed by atoms with van der Waals surface area (Å²) in [6, 6.07) is 14.7. The molecule has 10 heteroatoms. The quantitative estimate of drug-likeness (QED) is 0.279. The standard InChI is InChI=1S/C22H18F2N4O3S/c1-13-6-2-3-7-17(13)25-21(29)20(14-10-11-15(23)16(24)12-14)27-22(32)26-18-8-4-5-9-19(18)28(30)31/h2-12,20H,1H3,(H,25,29)(H2,26,27,32). The van der Waals surface area contributed by atoms with E-state index in [1.807, 2.05) is 6.07 Å². The Morgan fingerprint density at radius 3 is 2.28 bits per heavy atom. The van der Waals surface area contributed by atoms with Crippen molar-refractivity contribution in [1.82, 2.24) is 5.32 Å². The Kier molecular flexibility index (Phi) is 7.06. The number of nitrogens with zero attached hydrogens (tertiary/aromatic N) is 1.